The maximum atomic E-state index is 14.2. The third-order valence-electron chi connectivity index (χ3n) is 4.47. The molecule has 1 aliphatic heterocycles. The second-order valence-corrected chi connectivity index (χ2v) is 8.26. The summed E-state index contributed by atoms with van der Waals surface area (Å²) in [4.78, 5) is 0. The maximum absolute atomic E-state index is 14.2. The van der Waals surface area contributed by atoms with Crippen LogP contribution in [-0.2, 0) is 28.9 Å². The summed E-state index contributed by atoms with van der Waals surface area (Å²) in [5, 5.41) is 7.90. The number of para-hydroxylation sites is 1. The van der Waals surface area contributed by atoms with Crippen LogP contribution in [0.5, 0.6) is 0 Å². The Morgan fingerprint density at radius 2 is 1.96 bits per heavy atom. The highest BCUT2D eigenvalue weighted by molar-refractivity contribution is 7.92. The van der Waals surface area contributed by atoms with Crippen molar-refractivity contribution < 1.29 is 12.8 Å². The third kappa shape index (κ3) is 2.96. The number of sulfonamides is 1. The first-order valence-electron chi connectivity index (χ1n) is 8.15. The maximum Gasteiger partial charge on any atom is 0.239 e. The zero-order chi connectivity index (χ0) is 18.3. The average Bonchev–Trinajstić information content (AvgIpc) is 2.96. The number of benzene rings is 2. The number of aromatic nitrogens is 3. The molecule has 0 saturated heterocycles. The number of hydrogen-bond acceptors (Lipinski definition) is 4. The van der Waals surface area contributed by atoms with E-state index in [1.165, 1.54) is 16.4 Å². The van der Waals surface area contributed by atoms with Crippen molar-refractivity contribution in [3.8, 4) is 0 Å². The molecular formula is C18H17FN4O2S. The normalized spacial score (nSPS) is 13.8. The van der Waals surface area contributed by atoms with Gasteiger partial charge in [0.15, 0.2) is 0 Å². The van der Waals surface area contributed by atoms with Crippen molar-refractivity contribution in [2.75, 3.05) is 4.31 Å². The minimum absolute atomic E-state index is 0.111. The molecule has 0 radical (unpaired) electrons. The fraction of sp³-hybridized carbons (Fsp3) is 0.222. The van der Waals surface area contributed by atoms with E-state index in [0.29, 0.717) is 17.9 Å². The van der Waals surface area contributed by atoms with E-state index >= 15 is 0 Å². The van der Waals surface area contributed by atoms with Crippen LogP contribution in [0.3, 0.4) is 0 Å². The van der Waals surface area contributed by atoms with E-state index in [4.69, 9.17) is 0 Å². The quantitative estimate of drug-likeness (QED) is 0.709. The Balaban J connectivity index is 1.77. The number of nitrogens with zero attached hydrogens (tertiary/aromatic N) is 4. The molecule has 0 saturated carbocycles. The standard InChI is InChI=1S/C18H17FN4O2S/c1-13-6-7-15(17(19)8-13)12-26(24,25)23-11-16-9-20-21-22(16)10-14-4-2-3-5-18(14)23/h2-9H,10-12H2,1H3. The molecule has 3 aromatic rings. The summed E-state index contributed by atoms with van der Waals surface area (Å²) in [7, 11) is -3.80. The van der Waals surface area contributed by atoms with Gasteiger partial charge in [-0.3, -0.25) is 4.31 Å². The summed E-state index contributed by atoms with van der Waals surface area (Å²) in [6.45, 7) is 2.32. The van der Waals surface area contributed by atoms with Gasteiger partial charge in [-0.05, 0) is 30.2 Å². The number of rotatable bonds is 3. The van der Waals surface area contributed by atoms with Crippen molar-refractivity contribution in [3.63, 3.8) is 0 Å². The fourth-order valence-electron chi connectivity index (χ4n) is 3.11. The molecule has 0 aliphatic carbocycles. The molecule has 1 aliphatic rings. The van der Waals surface area contributed by atoms with Crippen LogP contribution in [0.15, 0.2) is 48.7 Å². The molecule has 0 atom stereocenters. The van der Waals surface area contributed by atoms with Crippen molar-refractivity contribution in [1.82, 2.24) is 15.0 Å². The average molecular weight is 372 g/mol. The zero-order valence-corrected chi connectivity index (χ0v) is 14.9. The van der Waals surface area contributed by atoms with E-state index in [1.54, 1.807) is 36.0 Å². The highest BCUT2D eigenvalue weighted by Crippen LogP contribution is 2.30. The number of hydrogen-bond donors (Lipinski definition) is 0. The fourth-order valence-corrected chi connectivity index (χ4v) is 4.70. The van der Waals surface area contributed by atoms with Gasteiger partial charge in [-0.1, -0.05) is 35.5 Å². The van der Waals surface area contributed by atoms with Crippen molar-refractivity contribution in [2.45, 2.75) is 25.8 Å². The molecule has 2 aromatic carbocycles. The van der Waals surface area contributed by atoms with Crippen LogP contribution in [0, 0.1) is 12.7 Å². The van der Waals surface area contributed by atoms with E-state index in [2.05, 4.69) is 10.3 Å². The van der Waals surface area contributed by atoms with Gasteiger partial charge in [-0.15, -0.1) is 5.10 Å². The van der Waals surface area contributed by atoms with Crippen LogP contribution in [0.2, 0.25) is 0 Å². The van der Waals surface area contributed by atoms with Crippen LogP contribution in [0.25, 0.3) is 0 Å². The van der Waals surface area contributed by atoms with Crippen LogP contribution in [0.4, 0.5) is 10.1 Å². The van der Waals surface area contributed by atoms with Gasteiger partial charge in [0, 0.05) is 5.56 Å². The van der Waals surface area contributed by atoms with Gasteiger partial charge < -0.3 is 0 Å². The van der Waals surface area contributed by atoms with Crippen LogP contribution < -0.4 is 4.31 Å². The molecule has 0 bridgehead atoms. The Labute approximate surface area is 150 Å². The Morgan fingerprint density at radius 1 is 1.15 bits per heavy atom. The van der Waals surface area contributed by atoms with Gasteiger partial charge >= 0.3 is 0 Å². The molecular weight excluding hydrogens is 355 g/mol. The Morgan fingerprint density at radius 3 is 2.77 bits per heavy atom. The van der Waals surface area contributed by atoms with Gasteiger partial charge in [0.05, 0.1) is 36.4 Å². The lowest BCUT2D eigenvalue weighted by atomic mass is 10.2. The van der Waals surface area contributed by atoms with E-state index in [-0.39, 0.29) is 12.1 Å². The van der Waals surface area contributed by atoms with E-state index in [9.17, 15) is 12.8 Å². The highest BCUT2D eigenvalue weighted by atomic mass is 32.2. The first-order chi connectivity index (χ1) is 12.4. The lowest BCUT2D eigenvalue weighted by Gasteiger charge is -2.24. The second kappa shape index (κ2) is 6.21. The molecule has 0 spiro atoms. The number of aryl methyl sites for hydroxylation is 1. The number of anilines is 1. The lowest BCUT2D eigenvalue weighted by Crippen LogP contribution is -2.32. The van der Waals surface area contributed by atoms with Gasteiger partial charge in [-0.2, -0.15) is 0 Å². The van der Waals surface area contributed by atoms with Gasteiger partial charge in [0.25, 0.3) is 0 Å². The molecule has 1 aromatic heterocycles. The summed E-state index contributed by atoms with van der Waals surface area (Å²) in [5.74, 6) is -0.918. The van der Waals surface area contributed by atoms with Gasteiger partial charge in [0.1, 0.15) is 5.82 Å². The molecule has 2 heterocycles. The van der Waals surface area contributed by atoms with Gasteiger partial charge in [-0.25, -0.2) is 17.5 Å². The second-order valence-electron chi connectivity index (χ2n) is 6.37. The Kier molecular flexibility index (Phi) is 3.99. The smallest absolute Gasteiger partial charge is 0.239 e. The predicted octanol–water partition coefficient (Wildman–Crippen LogP) is 2.62. The highest BCUT2D eigenvalue weighted by Gasteiger charge is 2.29. The van der Waals surface area contributed by atoms with Crippen LogP contribution >= 0.6 is 0 Å². The zero-order valence-electron chi connectivity index (χ0n) is 14.1. The monoisotopic (exact) mass is 372 g/mol. The largest absolute Gasteiger partial charge is 0.264 e. The molecule has 134 valence electrons. The van der Waals surface area contributed by atoms with Crippen molar-refractivity contribution in [1.29, 1.82) is 0 Å². The number of halogens is 1. The molecule has 0 fully saturated rings. The lowest BCUT2D eigenvalue weighted by molar-refractivity contribution is 0.580. The van der Waals surface area contributed by atoms with Crippen LogP contribution in [0.1, 0.15) is 22.4 Å². The minimum atomic E-state index is -3.80. The van der Waals surface area contributed by atoms with Crippen LogP contribution in [-0.4, -0.2) is 23.4 Å². The first kappa shape index (κ1) is 16.7. The van der Waals surface area contributed by atoms with Crippen molar-refractivity contribution in [2.24, 2.45) is 0 Å². The molecule has 4 rings (SSSR count). The first-order valence-corrected chi connectivity index (χ1v) is 9.76. The SMILES string of the molecule is Cc1ccc(CS(=O)(=O)N2Cc3cnnn3Cc3ccccc32)c(F)c1. The summed E-state index contributed by atoms with van der Waals surface area (Å²) in [6.07, 6.45) is 1.56. The molecule has 0 unspecified atom stereocenters. The predicted molar refractivity (Wildman–Crippen MR) is 95.5 cm³/mol. The summed E-state index contributed by atoms with van der Waals surface area (Å²) < 4.78 is 43.5. The van der Waals surface area contributed by atoms with E-state index in [1.807, 2.05) is 12.1 Å². The molecule has 0 N–H and O–H groups in total. The van der Waals surface area contributed by atoms with E-state index < -0.39 is 21.6 Å². The molecule has 8 heteroatoms. The van der Waals surface area contributed by atoms with Crippen molar-refractivity contribution in [3.05, 3.63) is 76.9 Å². The topological polar surface area (TPSA) is 68.1 Å². The van der Waals surface area contributed by atoms with Crippen molar-refractivity contribution >= 4 is 15.7 Å². The number of fused-ring (bicyclic) bond motifs is 2. The third-order valence-corrected chi connectivity index (χ3v) is 6.14. The summed E-state index contributed by atoms with van der Waals surface area (Å²) >= 11 is 0. The van der Waals surface area contributed by atoms with E-state index in [0.717, 1.165) is 11.1 Å². The Hall–Kier alpha value is -2.74. The summed E-state index contributed by atoms with van der Waals surface area (Å²) in [6, 6.07) is 11.9. The Bertz CT molecular complexity index is 1080. The van der Waals surface area contributed by atoms with Gasteiger partial charge in [0.2, 0.25) is 10.0 Å². The molecule has 6 nitrogen and oxygen atoms in total. The molecule has 0 amide bonds. The summed E-state index contributed by atoms with van der Waals surface area (Å²) in [5.41, 5.74) is 3.01. The molecule has 26 heavy (non-hydrogen) atoms. The minimum Gasteiger partial charge on any atom is -0.264 e.